The topological polar surface area (TPSA) is 68.7 Å². The first-order valence-corrected chi connectivity index (χ1v) is 12.1. The minimum absolute atomic E-state index is 0.0782. The molecule has 1 aromatic heterocycles. The largest absolute Gasteiger partial charge is 0.504 e. The number of aryl methyl sites for hydroxylation is 1. The number of nitrogens with one attached hydrogen (secondary N) is 1. The van der Waals surface area contributed by atoms with Crippen molar-refractivity contribution in [2.24, 2.45) is 5.92 Å². The number of H-pyrrole nitrogens is 1. The van der Waals surface area contributed by atoms with E-state index in [2.05, 4.69) is 41.1 Å². The Kier molecular flexibility index (Phi) is 3.10. The van der Waals surface area contributed by atoms with Crippen LogP contribution in [0.2, 0.25) is 0 Å². The summed E-state index contributed by atoms with van der Waals surface area (Å²) in [5.41, 5.74) is 5.51. The van der Waals surface area contributed by atoms with E-state index in [4.69, 9.17) is 4.74 Å². The molecule has 5 heteroatoms. The number of rotatable bonds is 2. The van der Waals surface area contributed by atoms with Gasteiger partial charge in [-0.2, -0.15) is 0 Å². The summed E-state index contributed by atoms with van der Waals surface area (Å²) in [7, 11) is 0. The first-order valence-electron chi connectivity index (χ1n) is 12.1. The normalized spacial score (nSPS) is 34.3. The van der Waals surface area contributed by atoms with Crippen molar-refractivity contribution in [1.29, 1.82) is 0 Å². The molecule has 2 aliphatic heterocycles. The molecule has 0 amide bonds. The Labute approximate surface area is 187 Å². The summed E-state index contributed by atoms with van der Waals surface area (Å²) in [4.78, 5) is 6.27. The maximum atomic E-state index is 12.8. The molecule has 0 unspecified atom stereocenters. The maximum absolute atomic E-state index is 12.8. The molecule has 1 spiro atoms. The van der Waals surface area contributed by atoms with E-state index in [-0.39, 0.29) is 17.9 Å². The van der Waals surface area contributed by atoms with E-state index >= 15 is 0 Å². The van der Waals surface area contributed by atoms with Crippen LogP contribution in [0, 0.1) is 12.8 Å². The predicted molar refractivity (Wildman–Crippen MR) is 121 cm³/mol. The molecule has 8 rings (SSSR count). The first-order chi connectivity index (χ1) is 15.5. The molecule has 3 N–H and O–H groups in total. The van der Waals surface area contributed by atoms with Crippen molar-refractivity contribution >= 4 is 10.9 Å². The third kappa shape index (κ3) is 1.91. The fraction of sp³-hybridized carbons (Fsp3) is 0.481. The fourth-order valence-electron chi connectivity index (χ4n) is 7.74. The van der Waals surface area contributed by atoms with Crippen molar-refractivity contribution in [1.82, 2.24) is 9.88 Å². The molecule has 1 saturated carbocycles. The Bertz CT molecular complexity index is 1320. The third-order valence-corrected chi connectivity index (χ3v) is 9.32. The van der Waals surface area contributed by atoms with Crippen molar-refractivity contribution < 1.29 is 14.9 Å². The number of likely N-dealkylation sites (tertiary alicyclic amines) is 1. The van der Waals surface area contributed by atoms with Gasteiger partial charge >= 0.3 is 0 Å². The van der Waals surface area contributed by atoms with Crippen LogP contribution in [-0.4, -0.2) is 44.8 Å². The zero-order valence-electron chi connectivity index (χ0n) is 18.3. The van der Waals surface area contributed by atoms with Gasteiger partial charge in [0.05, 0.1) is 16.7 Å². The molecule has 4 atom stereocenters. The highest BCUT2D eigenvalue weighted by atomic mass is 16.5. The molecule has 2 bridgehead atoms. The third-order valence-electron chi connectivity index (χ3n) is 9.32. The van der Waals surface area contributed by atoms with Gasteiger partial charge in [0.1, 0.15) is 0 Å². The summed E-state index contributed by atoms with van der Waals surface area (Å²) in [5.74, 6) is 1.58. The van der Waals surface area contributed by atoms with Gasteiger partial charge in [-0.15, -0.1) is 0 Å². The van der Waals surface area contributed by atoms with Crippen LogP contribution < -0.4 is 4.74 Å². The van der Waals surface area contributed by atoms with Crippen LogP contribution in [0.25, 0.3) is 10.9 Å². The van der Waals surface area contributed by atoms with E-state index in [0.717, 1.165) is 48.6 Å². The Morgan fingerprint density at radius 3 is 2.94 bits per heavy atom. The molecule has 5 nitrogen and oxygen atoms in total. The minimum atomic E-state index is -0.913. The number of aliphatic hydroxyl groups is 1. The van der Waals surface area contributed by atoms with E-state index in [1.165, 1.54) is 34.9 Å². The Balaban J connectivity index is 1.42. The lowest BCUT2D eigenvalue weighted by Gasteiger charge is -2.62. The number of fused-ring (bicyclic) bond motifs is 4. The van der Waals surface area contributed by atoms with E-state index in [1.54, 1.807) is 6.07 Å². The lowest BCUT2D eigenvalue weighted by atomic mass is 9.49. The summed E-state index contributed by atoms with van der Waals surface area (Å²) >= 11 is 0. The summed E-state index contributed by atoms with van der Waals surface area (Å²) in [6, 6.07) is 10.5. The number of aromatic hydroxyl groups is 1. The maximum Gasteiger partial charge on any atom is 0.166 e. The number of phenolic OH excluding ortho intramolecular Hbond substituents is 1. The van der Waals surface area contributed by atoms with Gasteiger partial charge in [-0.3, -0.25) is 4.90 Å². The highest BCUT2D eigenvalue weighted by Crippen LogP contribution is 2.69. The summed E-state index contributed by atoms with van der Waals surface area (Å²) in [6.45, 7) is 4.18. The Hall–Kier alpha value is -2.50. The van der Waals surface area contributed by atoms with E-state index < -0.39 is 11.0 Å². The molecule has 3 heterocycles. The van der Waals surface area contributed by atoms with Crippen molar-refractivity contribution in [2.45, 2.75) is 62.2 Å². The number of benzene rings is 2. The molecule has 2 aromatic carbocycles. The van der Waals surface area contributed by atoms with Crippen LogP contribution in [-0.2, 0) is 18.3 Å². The molecule has 2 fully saturated rings. The number of aromatic amines is 1. The van der Waals surface area contributed by atoms with Gasteiger partial charge in [0, 0.05) is 35.5 Å². The molecule has 0 radical (unpaired) electrons. The Morgan fingerprint density at radius 1 is 1.22 bits per heavy atom. The van der Waals surface area contributed by atoms with Crippen LogP contribution in [0.4, 0.5) is 0 Å². The number of piperidine rings is 1. The monoisotopic (exact) mass is 428 g/mol. The van der Waals surface area contributed by atoms with Crippen molar-refractivity contribution in [3.05, 3.63) is 58.3 Å². The smallest absolute Gasteiger partial charge is 0.166 e. The van der Waals surface area contributed by atoms with Gasteiger partial charge in [-0.05, 0) is 73.9 Å². The molecule has 164 valence electrons. The highest BCUT2D eigenvalue weighted by Gasteiger charge is 2.72. The molecule has 3 aliphatic carbocycles. The molecular formula is C27H28N2O3. The number of hydrogen-bond acceptors (Lipinski definition) is 4. The molecule has 32 heavy (non-hydrogen) atoms. The van der Waals surface area contributed by atoms with Gasteiger partial charge in [-0.1, -0.05) is 18.2 Å². The van der Waals surface area contributed by atoms with Crippen molar-refractivity contribution in [2.75, 3.05) is 13.1 Å². The van der Waals surface area contributed by atoms with E-state index in [9.17, 15) is 10.2 Å². The predicted octanol–water partition coefficient (Wildman–Crippen LogP) is 3.88. The van der Waals surface area contributed by atoms with Gasteiger partial charge in [0.25, 0.3) is 0 Å². The number of ether oxygens (including phenoxy) is 1. The summed E-state index contributed by atoms with van der Waals surface area (Å²) in [5, 5.41) is 24.7. The number of phenols is 1. The van der Waals surface area contributed by atoms with E-state index in [0.29, 0.717) is 12.2 Å². The lowest BCUT2D eigenvalue weighted by molar-refractivity contribution is -0.173. The number of aromatic nitrogens is 1. The second-order valence-corrected chi connectivity index (χ2v) is 11.0. The van der Waals surface area contributed by atoms with Crippen molar-refractivity contribution in [3.8, 4) is 11.5 Å². The van der Waals surface area contributed by atoms with Gasteiger partial charge in [0.2, 0.25) is 0 Å². The van der Waals surface area contributed by atoms with Crippen LogP contribution in [0.15, 0.2) is 30.3 Å². The van der Waals surface area contributed by atoms with Crippen LogP contribution in [0.5, 0.6) is 11.5 Å². The molecule has 3 aromatic rings. The SMILES string of the molecule is Cc1ccc2c3c([nH]c2c1)[C@@H]1Oc2c(O)ccc4c2[C@@]12CCN(CC1CC1)[C@H](C4)[C@]2(O)C3. The zero-order chi connectivity index (χ0) is 21.4. The molecule has 5 aliphatic rings. The molecule has 1 saturated heterocycles. The first kappa shape index (κ1) is 18.0. The number of nitrogens with zero attached hydrogens (tertiary/aromatic N) is 1. The second kappa shape index (κ2) is 5.52. The van der Waals surface area contributed by atoms with Gasteiger partial charge in [-0.25, -0.2) is 0 Å². The van der Waals surface area contributed by atoms with Gasteiger partial charge in [0.15, 0.2) is 17.6 Å². The standard InChI is InChI=1S/C27H28N2O3/c1-14-2-6-17-18-12-27(31)21-11-16-5-7-20(30)24-22(16)26(27,8-9-29(21)13-15-3-4-15)25(32-24)23(18)28-19(17)10-14/h2,5-7,10,15,21,25,28,30-31H,3-4,8-9,11-13H2,1H3/t21-,25+,26+,27-/m1/s1. The number of hydrogen-bond donors (Lipinski definition) is 3. The van der Waals surface area contributed by atoms with Gasteiger partial charge < -0.3 is 19.9 Å². The fourth-order valence-corrected chi connectivity index (χ4v) is 7.74. The molecular weight excluding hydrogens is 400 g/mol. The summed E-state index contributed by atoms with van der Waals surface area (Å²) in [6.07, 6.45) is 4.65. The van der Waals surface area contributed by atoms with Crippen molar-refractivity contribution in [3.63, 3.8) is 0 Å². The summed E-state index contributed by atoms with van der Waals surface area (Å²) < 4.78 is 6.63. The zero-order valence-corrected chi connectivity index (χ0v) is 18.3. The average Bonchev–Trinajstić information content (AvgIpc) is 3.41. The second-order valence-electron chi connectivity index (χ2n) is 11.0. The highest BCUT2D eigenvalue weighted by molar-refractivity contribution is 5.87. The minimum Gasteiger partial charge on any atom is -0.504 e. The van der Waals surface area contributed by atoms with Crippen LogP contribution in [0.3, 0.4) is 0 Å². The quantitative estimate of drug-likeness (QED) is 0.580. The van der Waals surface area contributed by atoms with E-state index in [1.807, 2.05) is 0 Å². The van der Waals surface area contributed by atoms with Crippen LogP contribution >= 0.6 is 0 Å². The Morgan fingerprint density at radius 2 is 2.09 bits per heavy atom. The van der Waals surface area contributed by atoms with Crippen LogP contribution in [0.1, 0.15) is 53.3 Å². The lowest BCUT2D eigenvalue weighted by Crippen LogP contribution is -2.74. The average molecular weight is 429 g/mol.